The minimum absolute atomic E-state index is 0.0375. The summed E-state index contributed by atoms with van der Waals surface area (Å²) < 4.78 is 6.03. The van der Waals surface area contributed by atoms with Crippen molar-refractivity contribution in [3.8, 4) is 0 Å². The summed E-state index contributed by atoms with van der Waals surface area (Å²) in [6.45, 7) is 4.55. The van der Waals surface area contributed by atoms with Crippen molar-refractivity contribution in [1.29, 1.82) is 0 Å². The molecule has 0 aliphatic rings. The van der Waals surface area contributed by atoms with Crippen LogP contribution in [0.1, 0.15) is 239 Å². The highest BCUT2D eigenvalue weighted by atomic mass is 16.5. The second-order valence-corrected chi connectivity index (χ2v) is 13.8. The normalized spacial score (nSPS) is 12.0. The SMILES string of the molecule is CCCCCCCCCCCCCCCCCC(=O)OC(CCCCCCCCC)CCCCCCCCCCCC(=O)O. The molecule has 0 heterocycles. The van der Waals surface area contributed by atoms with Crippen LogP contribution in [-0.2, 0) is 14.3 Å². The number of carbonyl (C=O) groups excluding carboxylic acids is 1. The van der Waals surface area contributed by atoms with Gasteiger partial charge in [0.1, 0.15) is 6.10 Å². The van der Waals surface area contributed by atoms with E-state index >= 15 is 0 Å². The van der Waals surface area contributed by atoms with E-state index in [-0.39, 0.29) is 12.1 Å². The Morgan fingerprint density at radius 1 is 0.409 bits per heavy atom. The highest BCUT2D eigenvalue weighted by Gasteiger charge is 2.14. The minimum Gasteiger partial charge on any atom is -0.481 e. The van der Waals surface area contributed by atoms with Gasteiger partial charge in [0.15, 0.2) is 0 Å². The number of hydrogen-bond acceptors (Lipinski definition) is 3. The Bertz CT molecular complexity index is 590. The maximum Gasteiger partial charge on any atom is 0.306 e. The zero-order chi connectivity index (χ0) is 32.2. The molecule has 0 fully saturated rings. The summed E-state index contributed by atoms with van der Waals surface area (Å²) in [5.41, 5.74) is 0. The van der Waals surface area contributed by atoms with E-state index in [0.29, 0.717) is 12.8 Å². The molecule has 0 aromatic carbocycles. The molecule has 0 spiro atoms. The van der Waals surface area contributed by atoms with Crippen molar-refractivity contribution >= 4 is 11.9 Å². The van der Waals surface area contributed by atoms with Gasteiger partial charge in [-0.2, -0.15) is 0 Å². The fourth-order valence-electron chi connectivity index (χ4n) is 6.36. The zero-order valence-corrected chi connectivity index (χ0v) is 30.0. The fourth-order valence-corrected chi connectivity index (χ4v) is 6.36. The molecule has 0 amide bonds. The van der Waals surface area contributed by atoms with Gasteiger partial charge in [-0.25, -0.2) is 0 Å². The molecule has 4 nitrogen and oxygen atoms in total. The van der Waals surface area contributed by atoms with Crippen LogP contribution in [-0.4, -0.2) is 23.1 Å². The van der Waals surface area contributed by atoms with E-state index in [4.69, 9.17) is 9.84 Å². The molecular weight excluding hydrogens is 544 g/mol. The van der Waals surface area contributed by atoms with E-state index in [2.05, 4.69) is 13.8 Å². The molecule has 4 heteroatoms. The first-order chi connectivity index (χ1) is 21.6. The van der Waals surface area contributed by atoms with Crippen molar-refractivity contribution in [2.24, 2.45) is 0 Å². The summed E-state index contributed by atoms with van der Waals surface area (Å²) in [5, 5.41) is 8.72. The first kappa shape index (κ1) is 42.9. The Balaban J connectivity index is 3.93. The number of esters is 1. The third-order valence-electron chi connectivity index (χ3n) is 9.33. The summed E-state index contributed by atoms with van der Waals surface area (Å²) in [4.78, 5) is 23.2. The predicted molar refractivity (Wildman–Crippen MR) is 190 cm³/mol. The van der Waals surface area contributed by atoms with Crippen LogP contribution in [0.5, 0.6) is 0 Å². The van der Waals surface area contributed by atoms with Gasteiger partial charge in [0.2, 0.25) is 0 Å². The Morgan fingerprint density at radius 2 is 0.682 bits per heavy atom. The maximum absolute atomic E-state index is 12.7. The highest BCUT2D eigenvalue weighted by molar-refractivity contribution is 5.69. The monoisotopic (exact) mass is 623 g/mol. The van der Waals surface area contributed by atoms with Crippen LogP contribution in [0.15, 0.2) is 0 Å². The van der Waals surface area contributed by atoms with Crippen molar-refractivity contribution in [2.75, 3.05) is 0 Å². The van der Waals surface area contributed by atoms with E-state index in [1.165, 1.54) is 161 Å². The highest BCUT2D eigenvalue weighted by Crippen LogP contribution is 2.19. The van der Waals surface area contributed by atoms with Crippen molar-refractivity contribution in [2.45, 2.75) is 245 Å². The topological polar surface area (TPSA) is 63.6 Å². The molecule has 0 rings (SSSR count). The first-order valence-electron chi connectivity index (χ1n) is 20.0. The van der Waals surface area contributed by atoms with Crippen LogP contribution in [0, 0.1) is 0 Å². The number of rotatable bonds is 37. The molecular formula is C40H78O4. The quantitative estimate of drug-likeness (QED) is 0.0553. The van der Waals surface area contributed by atoms with Crippen LogP contribution in [0.2, 0.25) is 0 Å². The van der Waals surface area contributed by atoms with Crippen molar-refractivity contribution < 1.29 is 19.4 Å². The molecule has 0 aliphatic heterocycles. The Kier molecular flexibility index (Phi) is 35.5. The van der Waals surface area contributed by atoms with Gasteiger partial charge in [0.25, 0.3) is 0 Å². The second kappa shape index (κ2) is 36.4. The van der Waals surface area contributed by atoms with Gasteiger partial charge in [-0.3, -0.25) is 9.59 Å². The van der Waals surface area contributed by atoms with Crippen LogP contribution < -0.4 is 0 Å². The van der Waals surface area contributed by atoms with E-state index < -0.39 is 5.97 Å². The lowest BCUT2D eigenvalue weighted by Crippen LogP contribution is -2.18. The van der Waals surface area contributed by atoms with Crippen molar-refractivity contribution in [1.82, 2.24) is 0 Å². The van der Waals surface area contributed by atoms with Crippen LogP contribution in [0.4, 0.5) is 0 Å². The van der Waals surface area contributed by atoms with Gasteiger partial charge >= 0.3 is 11.9 Å². The van der Waals surface area contributed by atoms with Crippen LogP contribution >= 0.6 is 0 Å². The predicted octanol–water partition coefficient (Wildman–Crippen LogP) is 13.7. The van der Waals surface area contributed by atoms with Gasteiger partial charge in [-0.15, -0.1) is 0 Å². The average Bonchev–Trinajstić information content (AvgIpc) is 3.01. The summed E-state index contributed by atoms with van der Waals surface area (Å²) in [6.07, 6.45) is 42.8. The fraction of sp³-hybridized carbons (Fsp3) is 0.950. The molecule has 44 heavy (non-hydrogen) atoms. The standard InChI is InChI=1S/C40H78O4/c1-3-5-7-9-11-12-13-14-15-16-17-21-25-29-33-37-40(43)44-38(34-30-26-22-10-8-6-4-2)35-31-27-23-19-18-20-24-28-32-36-39(41)42/h38H,3-37H2,1-2H3,(H,41,42). The van der Waals surface area contributed by atoms with Gasteiger partial charge in [-0.05, 0) is 38.5 Å². The van der Waals surface area contributed by atoms with Crippen LogP contribution in [0.25, 0.3) is 0 Å². The molecule has 0 aromatic rings. The number of aliphatic carboxylic acids is 1. The van der Waals surface area contributed by atoms with Gasteiger partial charge in [0, 0.05) is 12.8 Å². The number of hydrogen-bond donors (Lipinski definition) is 1. The third kappa shape index (κ3) is 35.4. The minimum atomic E-state index is -0.675. The first-order valence-corrected chi connectivity index (χ1v) is 20.0. The number of carboxylic acid groups (broad SMARTS) is 1. The lowest BCUT2D eigenvalue weighted by atomic mass is 10.0. The molecule has 262 valence electrons. The molecule has 0 radical (unpaired) electrons. The third-order valence-corrected chi connectivity index (χ3v) is 9.33. The number of carbonyl (C=O) groups is 2. The molecule has 0 aromatic heterocycles. The smallest absolute Gasteiger partial charge is 0.306 e. The summed E-state index contributed by atoms with van der Waals surface area (Å²) in [7, 11) is 0. The van der Waals surface area contributed by atoms with Crippen molar-refractivity contribution in [3.63, 3.8) is 0 Å². The molecule has 0 aliphatic carbocycles. The van der Waals surface area contributed by atoms with Crippen LogP contribution in [0.3, 0.4) is 0 Å². The molecule has 1 atom stereocenters. The lowest BCUT2D eigenvalue weighted by molar-refractivity contribution is -0.150. The summed E-state index contributed by atoms with van der Waals surface area (Å²) >= 11 is 0. The second-order valence-electron chi connectivity index (χ2n) is 13.8. The molecule has 1 unspecified atom stereocenters. The molecule has 0 saturated heterocycles. The molecule has 0 bridgehead atoms. The lowest BCUT2D eigenvalue weighted by Gasteiger charge is -2.18. The summed E-state index contributed by atoms with van der Waals surface area (Å²) in [6, 6.07) is 0. The Hall–Kier alpha value is -1.06. The Labute approximate surface area is 275 Å². The molecule has 0 saturated carbocycles. The molecule has 1 N–H and O–H groups in total. The van der Waals surface area contributed by atoms with E-state index in [1.807, 2.05) is 0 Å². The zero-order valence-electron chi connectivity index (χ0n) is 30.0. The van der Waals surface area contributed by atoms with Gasteiger partial charge < -0.3 is 9.84 Å². The summed E-state index contributed by atoms with van der Waals surface area (Å²) in [5.74, 6) is -0.637. The largest absolute Gasteiger partial charge is 0.481 e. The number of unbranched alkanes of at least 4 members (excludes halogenated alkanes) is 28. The van der Waals surface area contributed by atoms with E-state index in [1.54, 1.807) is 0 Å². The van der Waals surface area contributed by atoms with Gasteiger partial charge in [0.05, 0.1) is 0 Å². The maximum atomic E-state index is 12.7. The van der Waals surface area contributed by atoms with E-state index in [0.717, 1.165) is 51.4 Å². The Morgan fingerprint density at radius 3 is 1.00 bits per heavy atom. The number of ether oxygens (including phenoxy) is 1. The van der Waals surface area contributed by atoms with Gasteiger partial charge in [-0.1, -0.05) is 187 Å². The number of carboxylic acids is 1. The average molecular weight is 623 g/mol. The van der Waals surface area contributed by atoms with E-state index in [9.17, 15) is 9.59 Å². The van der Waals surface area contributed by atoms with Crippen molar-refractivity contribution in [3.05, 3.63) is 0 Å².